The lowest BCUT2D eigenvalue weighted by molar-refractivity contribution is -0.125. The number of aryl methyl sites for hydroxylation is 2. The van der Waals surface area contributed by atoms with Gasteiger partial charge in [-0.1, -0.05) is 23.8 Å². The standard InChI is InChI=1S/C28H41N5O3/c1-5-33-25(16-26(34)30(4)28(33)36)32-12-6-7-23(19-32)27(35)29-17-22-10-13-31(14-11-22)18-24-15-20(2)8-9-21(24)3/h8-9,15-16,22-23H,5-7,10-14,17-19H2,1-4H3,(H,29,35)/t23-/m1/s1. The molecule has 0 aliphatic carbocycles. The zero-order valence-corrected chi connectivity index (χ0v) is 22.3. The minimum absolute atomic E-state index is 0.0896. The Morgan fingerprint density at radius 2 is 1.81 bits per heavy atom. The molecule has 36 heavy (non-hydrogen) atoms. The van der Waals surface area contributed by atoms with Crippen LogP contribution in [0.4, 0.5) is 5.82 Å². The number of carbonyl (C=O) groups is 1. The zero-order valence-electron chi connectivity index (χ0n) is 22.3. The van der Waals surface area contributed by atoms with E-state index in [0.29, 0.717) is 24.8 Å². The van der Waals surface area contributed by atoms with Gasteiger partial charge >= 0.3 is 5.69 Å². The van der Waals surface area contributed by atoms with Gasteiger partial charge in [0, 0.05) is 45.8 Å². The van der Waals surface area contributed by atoms with Crippen molar-refractivity contribution < 1.29 is 4.79 Å². The van der Waals surface area contributed by atoms with Crippen LogP contribution in [-0.2, 0) is 24.9 Å². The molecule has 1 amide bonds. The predicted molar refractivity (Wildman–Crippen MR) is 143 cm³/mol. The molecule has 2 saturated heterocycles. The number of amides is 1. The van der Waals surface area contributed by atoms with E-state index in [1.807, 2.05) is 11.8 Å². The minimum Gasteiger partial charge on any atom is -0.357 e. The van der Waals surface area contributed by atoms with E-state index in [4.69, 9.17) is 0 Å². The third kappa shape index (κ3) is 5.91. The maximum absolute atomic E-state index is 13.1. The van der Waals surface area contributed by atoms with Crippen molar-refractivity contribution in [2.45, 2.75) is 59.5 Å². The highest BCUT2D eigenvalue weighted by Gasteiger charge is 2.29. The van der Waals surface area contributed by atoms with E-state index in [1.165, 1.54) is 29.8 Å². The summed E-state index contributed by atoms with van der Waals surface area (Å²) in [6, 6.07) is 8.19. The lowest BCUT2D eigenvalue weighted by Gasteiger charge is -2.35. The van der Waals surface area contributed by atoms with Crippen molar-refractivity contribution in [2.24, 2.45) is 18.9 Å². The Morgan fingerprint density at radius 3 is 2.53 bits per heavy atom. The fourth-order valence-corrected chi connectivity index (χ4v) is 5.57. The second-order valence-corrected chi connectivity index (χ2v) is 10.6. The van der Waals surface area contributed by atoms with Crippen LogP contribution >= 0.6 is 0 Å². The van der Waals surface area contributed by atoms with Gasteiger partial charge in [0.2, 0.25) is 5.91 Å². The highest BCUT2D eigenvalue weighted by molar-refractivity contribution is 5.79. The Hall–Kier alpha value is -2.87. The molecule has 1 aromatic heterocycles. The maximum atomic E-state index is 13.1. The number of nitrogens with zero attached hydrogens (tertiary/aromatic N) is 4. The molecule has 8 heteroatoms. The highest BCUT2D eigenvalue weighted by atomic mass is 16.2. The molecule has 2 aliphatic rings. The van der Waals surface area contributed by atoms with Crippen LogP contribution in [0.15, 0.2) is 33.9 Å². The van der Waals surface area contributed by atoms with Crippen LogP contribution in [0.3, 0.4) is 0 Å². The van der Waals surface area contributed by atoms with Crippen molar-refractivity contribution in [3.63, 3.8) is 0 Å². The van der Waals surface area contributed by atoms with Crippen LogP contribution in [0.2, 0.25) is 0 Å². The number of piperidine rings is 2. The van der Waals surface area contributed by atoms with E-state index >= 15 is 0 Å². The van der Waals surface area contributed by atoms with Gasteiger partial charge in [-0.25, -0.2) is 4.79 Å². The Morgan fingerprint density at radius 1 is 1.06 bits per heavy atom. The first-order valence-corrected chi connectivity index (χ1v) is 13.4. The lowest BCUT2D eigenvalue weighted by Crippen LogP contribution is -2.48. The molecule has 0 bridgehead atoms. The SMILES string of the molecule is CCn1c(N2CCC[C@@H](C(=O)NCC3CCN(Cc4cc(C)ccc4C)CC3)C2)cc(=O)n(C)c1=O. The summed E-state index contributed by atoms with van der Waals surface area (Å²) in [7, 11) is 1.50. The quantitative estimate of drug-likeness (QED) is 0.638. The van der Waals surface area contributed by atoms with Gasteiger partial charge in [0.15, 0.2) is 0 Å². The van der Waals surface area contributed by atoms with Crippen LogP contribution in [0, 0.1) is 25.7 Å². The van der Waals surface area contributed by atoms with Crippen molar-refractivity contribution in [3.8, 4) is 0 Å². The van der Waals surface area contributed by atoms with E-state index in [1.54, 1.807) is 4.57 Å². The number of hydrogen-bond acceptors (Lipinski definition) is 5. The molecule has 0 saturated carbocycles. The first-order chi connectivity index (χ1) is 17.3. The Kier molecular flexibility index (Phi) is 8.34. The molecule has 2 fully saturated rings. The lowest BCUT2D eigenvalue weighted by atomic mass is 9.94. The Balaban J connectivity index is 1.28. The molecule has 1 atom stereocenters. The number of carbonyl (C=O) groups excluding carboxylic acids is 1. The topological polar surface area (TPSA) is 79.6 Å². The van der Waals surface area contributed by atoms with Crippen LogP contribution < -0.4 is 21.5 Å². The summed E-state index contributed by atoms with van der Waals surface area (Å²) >= 11 is 0. The van der Waals surface area contributed by atoms with Gasteiger partial charge in [-0.15, -0.1) is 0 Å². The van der Waals surface area contributed by atoms with Gasteiger partial charge in [-0.3, -0.25) is 23.6 Å². The summed E-state index contributed by atoms with van der Waals surface area (Å²) in [5.74, 6) is 1.09. The summed E-state index contributed by atoms with van der Waals surface area (Å²) in [6.07, 6.45) is 3.88. The summed E-state index contributed by atoms with van der Waals surface area (Å²) < 4.78 is 2.75. The monoisotopic (exact) mass is 495 g/mol. The zero-order chi connectivity index (χ0) is 25.8. The fraction of sp³-hybridized carbons (Fsp3) is 0.607. The minimum atomic E-state index is -0.310. The average Bonchev–Trinajstić information content (AvgIpc) is 2.88. The smallest absolute Gasteiger partial charge is 0.332 e. The molecule has 0 spiro atoms. The second kappa shape index (κ2) is 11.5. The van der Waals surface area contributed by atoms with Gasteiger partial charge < -0.3 is 10.2 Å². The number of aromatic nitrogens is 2. The summed E-state index contributed by atoms with van der Waals surface area (Å²) in [5, 5.41) is 3.22. The number of rotatable bonds is 7. The van der Waals surface area contributed by atoms with E-state index in [-0.39, 0.29) is 23.1 Å². The molecule has 4 rings (SSSR count). The molecular weight excluding hydrogens is 454 g/mol. The number of nitrogens with one attached hydrogen (secondary N) is 1. The van der Waals surface area contributed by atoms with Crippen molar-refractivity contribution in [2.75, 3.05) is 37.6 Å². The Labute approximate surface area is 213 Å². The molecule has 0 radical (unpaired) electrons. The van der Waals surface area contributed by atoms with Crippen LogP contribution in [-0.4, -0.2) is 52.7 Å². The van der Waals surface area contributed by atoms with E-state index in [9.17, 15) is 14.4 Å². The number of likely N-dealkylation sites (tertiary alicyclic amines) is 1. The molecule has 0 unspecified atom stereocenters. The van der Waals surface area contributed by atoms with Crippen LogP contribution in [0.25, 0.3) is 0 Å². The maximum Gasteiger partial charge on any atom is 0.332 e. The Bertz CT molecular complexity index is 1190. The van der Waals surface area contributed by atoms with Crippen molar-refractivity contribution in [1.82, 2.24) is 19.4 Å². The van der Waals surface area contributed by atoms with Gasteiger partial charge in [0.1, 0.15) is 5.82 Å². The molecular formula is C28H41N5O3. The molecule has 3 heterocycles. The van der Waals surface area contributed by atoms with Crippen LogP contribution in [0.5, 0.6) is 0 Å². The first-order valence-electron chi connectivity index (χ1n) is 13.4. The van der Waals surface area contributed by atoms with Gasteiger partial charge in [0.25, 0.3) is 5.56 Å². The molecule has 196 valence electrons. The van der Waals surface area contributed by atoms with Crippen LogP contribution in [0.1, 0.15) is 49.3 Å². The first kappa shape index (κ1) is 26.2. The van der Waals surface area contributed by atoms with Crippen molar-refractivity contribution in [3.05, 3.63) is 61.8 Å². The number of hydrogen-bond donors (Lipinski definition) is 1. The van der Waals surface area contributed by atoms with Gasteiger partial charge in [-0.2, -0.15) is 0 Å². The molecule has 8 nitrogen and oxygen atoms in total. The largest absolute Gasteiger partial charge is 0.357 e. The second-order valence-electron chi connectivity index (χ2n) is 10.6. The normalized spacial score (nSPS) is 19.4. The summed E-state index contributed by atoms with van der Waals surface area (Å²) in [4.78, 5) is 42.4. The third-order valence-electron chi connectivity index (χ3n) is 7.98. The molecule has 1 aromatic carbocycles. The molecule has 2 aromatic rings. The van der Waals surface area contributed by atoms with Gasteiger partial charge in [0.05, 0.1) is 5.92 Å². The number of benzene rings is 1. The molecule has 2 aliphatic heterocycles. The van der Waals surface area contributed by atoms with E-state index in [0.717, 1.165) is 63.0 Å². The van der Waals surface area contributed by atoms with Crippen molar-refractivity contribution >= 4 is 11.7 Å². The van der Waals surface area contributed by atoms with E-state index in [2.05, 4.69) is 42.3 Å². The fourth-order valence-electron chi connectivity index (χ4n) is 5.57. The highest BCUT2D eigenvalue weighted by Crippen LogP contribution is 2.23. The predicted octanol–water partition coefficient (Wildman–Crippen LogP) is 2.43. The summed E-state index contributed by atoms with van der Waals surface area (Å²) in [5.41, 5.74) is 3.45. The summed E-state index contributed by atoms with van der Waals surface area (Å²) in [6.45, 7) is 11.8. The van der Waals surface area contributed by atoms with E-state index < -0.39 is 0 Å². The molecule has 1 N–H and O–H groups in total. The number of anilines is 1. The van der Waals surface area contributed by atoms with Gasteiger partial charge in [-0.05, 0) is 76.6 Å². The third-order valence-corrected chi connectivity index (χ3v) is 7.98. The average molecular weight is 496 g/mol. The van der Waals surface area contributed by atoms with Crippen molar-refractivity contribution in [1.29, 1.82) is 0 Å².